The molecule has 0 unspecified atom stereocenters. The number of amides is 1. The fourth-order valence-electron chi connectivity index (χ4n) is 3.99. The highest BCUT2D eigenvalue weighted by atomic mass is 16.5. The number of aliphatic hydroxyl groups excluding tert-OH is 1. The zero-order chi connectivity index (χ0) is 23.8. The summed E-state index contributed by atoms with van der Waals surface area (Å²) < 4.78 is 5.69. The summed E-state index contributed by atoms with van der Waals surface area (Å²) in [4.78, 5) is 33.9. The van der Waals surface area contributed by atoms with Crippen molar-refractivity contribution in [2.24, 2.45) is 0 Å². The average molecular weight is 452 g/mol. The van der Waals surface area contributed by atoms with Crippen LogP contribution in [0.1, 0.15) is 50.8 Å². The van der Waals surface area contributed by atoms with Gasteiger partial charge < -0.3 is 19.6 Å². The standard InChI is InChI=1S/C26H33N3O4/c1-4-7-18-33-21-10-8-20(9-11-21)24(30)22-23(19-12-14-27-15-13-19)29(26(32)25(22)31)17-16-28(5-2)6-3/h8-15,23,30H,4-7,16-18H2,1-3H3/b24-22+/t23-/m0/s1. The minimum absolute atomic E-state index is 0.102. The van der Waals surface area contributed by atoms with Crippen molar-refractivity contribution in [3.8, 4) is 5.75 Å². The summed E-state index contributed by atoms with van der Waals surface area (Å²) in [6.45, 7) is 9.59. The number of hydrogen-bond acceptors (Lipinski definition) is 6. The Hall–Kier alpha value is -3.19. The van der Waals surface area contributed by atoms with Crippen molar-refractivity contribution in [1.29, 1.82) is 0 Å². The maximum Gasteiger partial charge on any atom is 0.295 e. The number of likely N-dealkylation sites (N-methyl/N-ethyl adjacent to an activating group) is 1. The maximum atomic E-state index is 13.1. The largest absolute Gasteiger partial charge is 0.507 e. The third-order valence-electron chi connectivity index (χ3n) is 6.01. The lowest BCUT2D eigenvalue weighted by molar-refractivity contribution is -0.140. The van der Waals surface area contributed by atoms with Crippen molar-refractivity contribution >= 4 is 17.4 Å². The van der Waals surface area contributed by atoms with E-state index >= 15 is 0 Å². The van der Waals surface area contributed by atoms with Gasteiger partial charge in [0.2, 0.25) is 0 Å². The molecule has 2 heterocycles. The first-order valence-electron chi connectivity index (χ1n) is 11.7. The van der Waals surface area contributed by atoms with E-state index in [4.69, 9.17) is 4.74 Å². The highest BCUT2D eigenvalue weighted by molar-refractivity contribution is 6.46. The van der Waals surface area contributed by atoms with E-state index in [1.807, 2.05) is 0 Å². The molecule has 1 aliphatic heterocycles. The van der Waals surface area contributed by atoms with Crippen LogP contribution < -0.4 is 4.74 Å². The fraction of sp³-hybridized carbons (Fsp3) is 0.423. The summed E-state index contributed by atoms with van der Waals surface area (Å²) in [6, 6.07) is 9.85. The molecular formula is C26H33N3O4. The molecule has 176 valence electrons. The Morgan fingerprint density at radius 1 is 1.06 bits per heavy atom. The second kappa shape index (κ2) is 11.6. The number of benzene rings is 1. The van der Waals surface area contributed by atoms with E-state index < -0.39 is 17.7 Å². The first-order valence-corrected chi connectivity index (χ1v) is 11.7. The van der Waals surface area contributed by atoms with Gasteiger partial charge in [0.15, 0.2) is 0 Å². The van der Waals surface area contributed by atoms with Crippen LogP contribution in [0.25, 0.3) is 5.76 Å². The van der Waals surface area contributed by atoms with Crippen molar-refractivity contribution in [1.82, 2.24) is 14.8 Å². The summed E-state index contributed by atoms with van der Waals surface area (Å²) in [7, 11) is 0. The monoisotopic (exact) mass is 451 g/mol. The topological polar surface area (TPSA) is 83.0 Å². The second-order valence-electron chi connectivity index (χ2n) is 8.03. The van der Waals surface area contributed by atoms with Gasteiger partial charge in [-0.3, -0.25) is 14.6 Å². The SMILES string of the molecule is CCCCOc1ccc(/C(O)=C2\C(=O)C(=O)N(CCN(CC)CC)[C@H]2c2ccncc2)cc1. The van der Waals surface area contributed by atoms with Gasteiger partial charge in [0.05, 0.1) is 18.2 Å². The summed E-state index contributed by atoms with van der Waals surface area (Å²) in [5.41, 5.74) is 1.31. The summed E-state index contributed by atoms with van der Waals surface area (Å²) >= 11 is 0. The molecular weight excluding hydrogens is 418 g/mol. The number of aromatic nitrogens is 1. The molecule has 1 N–H and O–H groups in total. The van der Waals surface area contributed by atoms with E-state index in [1.54, 1.807) is 53.7 Å². The van der Waals surface area contributed by atoms with Gasteiger partial charge in [-0.2, -0.15) is 0 Å². The molecule has 1 aromatic heterocycles. The highest BCUT2D eigenvalue weighted by Crippen LogP contribution is 2.39. The number of ketones is 1. The van der Waals surface area contributed by atoms with E-state index in [1.165, 1.54) is 0 Å². The van der Waals surface area contributed by atoms with Gasteiger partial charge in [0.1, 0.15) is 11.5 Å². The number of nitrogens with zero attached hydrogens (tertiary/aromatic N) is 3. The Bertz CT molecular complexity index is 969. The zero-order valence-electron chi connectivity index (χ0n) is 19.7. The van der Waals surface area contributed by atoms with Crippen LogP contribution in [0.3, 0.4) is 0 Å². The quantitative estimate of drug-likeness (QED) is 0.240. The van der Waals surface area contributed by atoms with Crippen molar-refractivity contribution < 1.29 is 19.4 Å². The maximum absolute atomic E-state index is 13.1. The number of unbranched alkanes of at least 4 members (excludes halogenated alkanes) is 1. The molecule has 0 saturated carbocycles. The van der Waals surface area contributed by atoms with E-state index in [0.717, 1.165) is 31.5 Å². The third kappa shape index (κ3) is 5.60. The molecule has 1 aliphatic rings. The van der Waals surface area contributed by atoms with Gasteiger partial charge in [0.25, 0.3) is 11.7 Å². The third-order valence-corrected chi connectivity index (χ3v) is 6.01. The number of aliphatic hydroxyl groups is 1. The minimum atomic E-state index is -0.669. The summed E-state index contributed by atoms with van der Waals surface area (Å²) in [5, 5.41) is 11.1. The number of hydrogen-bond donors (Lipinski definition) is 1. The molecule has 1 aromatic carbocycles. The van der Waals surface area contributed by atoms with E-state index in [0.29, 0.717) is 31.0 Å². The average Bonchev–Trinajstić information content (AvgIpc) is 3.10. The van der Waals surface area contributed by atoms with Crippen LogP contribution in [0.15, 0.2) is 54.4 Å². The van der Waals surface area contributed by atoms with E-state index in [-0.39, 0.29) is 11.3 Å². The first-order chi connectivity index (χ1) is 16.0. The summed E-state index contributed by atoms with van der Waals surface area (Å²) in [5.74, 6) is -0.742. The number of rotatable bonds is 11. The molecule has 1 amide bonds. The van der Waals surface area contributed by atoms with Gasteiger partial charge in [0, 0.05) is 31.0 Å². The Morgan fingerprint density at radius 2 is 1.73 bits per heavy atom. The Morgan fingerprint density at radius 3 is 2.33 bits per heavy atom. The van der Waals surface area contributed by atoms with Crippen LogP contribution in [-0.4, -0.2) is 64.4 Å². The zero-order valence-corrected chi connectivity index (χ0v) is 19.7. The van der Waals surface area contributed by atoms with Crippen molar-refractivity contribution in [2.45, 2.75) is 39.7 Å². The minimum Gasteiger partial charge on any atom is -0.507 e. The molecule has 7 nitrogen and oxygen atoms in total. The van der Waals surface area contributed by atoms with Gasteiger partial charge in [-0.25, -0.2) is 0 Å². The molecule has 0 spiro atoms. The molecule has 1 saturated heterocycles. The molecule has 1 fully saturated rings. The lowest BCUT2D eigenvalue weighted by Crippen LogP contribution is -2.38. The molecule has 0 bridgehead atoms. The normalized spacial score (nSPS) is 17.7. The van der Waals surface area contributed by atoms with E-state index in [9.17, 15) is 14.7 Å². The molecule has 0 aliphatic carbocycles. The van der Waals surface area contributed by atoms with Crippen LogP contribution in [-0.2, 0) is 9.59 Å². The van der Waals surface area contributed by atoms with Gasteiger partial charge in [-0.1, -0.05) is 27.2 Å². The van der Waals surface area contributed by atoms with Gasteiger partial charge in [-0.15, -0.1) is 0 Å². The van der Waals surface area contributed by atoms with E-state index in [2.05, 4.69) is 30.7 Å². The number of ether oxygens (including phenoxy) is 1. The number of likely N-dealkylation sites (tertiary alicyclic amines) is 1. The van der Waals surface area contributed by atoms with Crippen molar-refractivity contribution in [2.75, 3.05) is 32.8 Å². The molecule has 1 atom stereocenters. The van der Waals surface area contributed by atoms with Crippen molar-refractivity contribution in [3.05, 3.63) is 65.5 Å². The lowest BCUT2D eigenvalue weighted by atomic mass is 9.96. The predicted octanol–water partition coefficient (Wildman–Crippen LogP) is 4.02. The van der Waals surface area contributed by atoms with Crippen LogP contribution >= 0.6 is 0 Å². The number of pyridine rings is 1. The van der Waals surface area contributed by atoms with Crippen LogP contribution in [0.5, 0.6) is 5.75 Å². The van der Waals surface area contributed by atoms with Crippen molar-refractivity contribution in [3.63, 3.8) is 0 Å². The molecule has 7 heteroatoms. The highest BCUT2D eigenvalue weighted by Gasteiger charge is 2.45. The Kier molecular flexibility index (Phi) is 8.60. The van der Waals surface area contributed by atoms with Crippen LogP contribution in [0, 0.1) is 0 Å². The Labute approximate surface area is 195 Å². The fourth-order valence-corrected chi connectivity index (χ4v) is 3.99. The smallest absolute Gasteiger partial charge is 0.295 e. The van der Waals surface area contributed by atoms with Gasteiger partial charge >= 0.3 is 0 Å². The predicted molar refractivity (Wildman–Crippen MR) is 128 cm³/mol. The van der Waals surface area contributed by atoms with Crippen LogP contribution in [0.4, 0.5) is 0 Å². The van der Waals surface area contributed by atoms with Crippen LogP contribution in [0.2, 0.25) is 0 Å². The molecule has 2 aromatic rings. The van der Waals surface area contributed by atoms with Gasteiger partial charge in [-0.05, 0) is 61.5 Å². The number of Topliss-reactive ketones (excluding diaryl/α,β-unsaturated/α-hetero) is 1. The molecule has 3 rings (SSSR count). The number of carbonyl (C=O) groups excluding carboxylic acids is 2. The second-order valence-corrected chi connectivity index (χ2v) is 8.03. The lowest BCUT2D eigenvalue weighted by Gasteiger charge is -2.28. The molecule has 33 heavy (non-hydrogen) atoms. The first kappa shape index (κ1) is 24.5. The number of carbonyl (C=O) groups is 2. The summed E-state index contributed by atoms with van der Waals surface area (Å²) in [6.07, 6.45) is 5.26. The molecule has 0 radical (unpaired) electrons. The Balaban J connectivity index is 1.96.